The third-order valence-electron chi connectivity index (χ3n) is 2.24. The summed E-state index contributed by atoms with van der Waals surface area (Å²) < 4.78 is 0. The van der Waals surface area contributed by atoms with Crippen molar-refractivity contribution in [3.63, 3.8) is 0 Å². The molecule has 2 aromatic rings. The minimum absolute atomic E-state index is 0.0759. The van der Waals surface area contributed by atoms with E-state index in [0.29, 0.717) is 5.82 Å². The van der Waals surface area contributed by atoms with Crippen LogP contribution < -0.4 is 5.43 Å². The van der Waals surface area contributed by atoms with Crippen LogP contribution in [-0.2, 0) is 0 Å². The Labute approximate surface area is 108 Å². The van der Waals surface area contributed by atoms with E-state index >= 15 is 0 Å². The molecule has 1 heterocycles. The summed E-state index contributed by atoms with van der Waals surface area (Å²) in [6.45, 7) is 0. The summed E-state index contributed by atoms with van der Waals surface area (Å²) in [6.07, 6.45) is 2.70. The molecule has 0 fully saturated rings. The number of benzene rings is 1. The van der Waals surface area contributed by atoms with Gasteiger partial charge < -0.3 is 5.11 Å². The Bertz CT molecular complexity index is 593. The molecule has 0 aliphatic heterocycles. The maximum absolute atomic E-state index is 10.4. The first-order valence-electron chi connectivity index (χ1n) is 5.34. The number of phenols is 1. The first-order chi connectivity index (χ1) is 9.15. The van der Waals surface area contributed by atoms with Crippen LogP contribution in [0.15, 0.2) is 47.7 Å². The molecule has 0 aliphatic rings. The number of anilines is 1. The van der Waals surface area contributed by atoms with Crippen molar-refractivity contribution in [2.24, 2.45) is 5.10 Å². The lowest BCUT2D eigenvalue weighted by Crippen LogP contribution is -1.95. The number of pyridine rings is 1. The zero-order valence-electron chi connectivity index (χ0n) is 9.72. The van der Waals surface area contributed by atoms with Crippen molar-refractivity contribution >= 4 is 17.7 Å². The van der Waals surface area contributed by atoms with Crippen molar-refractivity contribution in [3.8, 4) is 5.75 Å². The van der Waals surface area contributed by atoms with Gasteiger partial charge in [0.05, 0.1) is 11.1 Å². The summed E-state index contributed by atoms with van der Waals surface area (Å²) in [5.74, 6) is 0.586. The van der Waals surface area contributed by atoms with Gasteiger partial charge in [-0.1, -0.05) is 0 Å². The topological polar surface area (TPSA) is 101 Å². The van der Waals surface area contributed by atoms with Crippen LogP contribution in [0.25, 0.3) is 0 Å². The van der Waals surface area contributed by atoms with E-state index in [4.69, 9.17) is 5.11 Å². The fraction of sp³-hybridized carbons (Fsp3) is 0. The highest BCUT2D eigenvalue weighted by molar-refractivity contribution is 5.80. The van der Waals surface area contributed by atoms with E-state index in [2.05, 4.69) is 15.5 Å². The fourth-order valence-electron chi connectivity index (χ4n) is 1.29. The lowest BCUT2D eigenvalue weighted by molar-refractivity contribution is -0.385. The standard InChI is InChI=1S/C12H10N4O3/c17-11-4-1-9(2-5-11)7-14-15-12-6-3-10(8-13-12)16(18)19/h1-8,17H,(H,13,15)/b14-7+. The second-order valence-corrected chi connectivity index (χ2v) is 3.62. The minimum atomic E-state index is -0.517. The molecule has 19 heavy (non-hydrogen) atoms. The molecule has 0 amide bonds. The summed E-state index contributed by atoms with van der Waals surface area (Å²) in [5.41, 5.74) is 3.37. The zero-order chi connectivity index (χ0) is 13.7. The number of hydrogen-bond donors (Lipinski definition) is 2. The van der Waals surface area contributed by atoms with E-state index in [1.807, 2.05) is 0 Å². The highest BCUT2D eigenvalue weighted by Gasteiger charge is 2.04. The average Bonchev–Trinajstić information content (AvgIpc) is 2.41. The summed E-state index contributed by atoms with van der Waals surface area (Å²) in [7, 11) is 0. The van der Waals surface area contributed by atoms with Gasteiger partial charge >= 0.3 is 0 Å². The quantitative estimate of drug-likeness (QED) is 0.497. The summed E-state index contributed by atoms with van der Waals surface area (Å²) in [5, 5.41) is 23.5. The molecule has 0 radical (unpaired) electrons. The number of phenolic OH excluding ortho intramolecular Hbond substituents is 1. The van der Waals surface area contributed by atoms with Crippen LogP contribution in [0, 0.1) is 10.1 Å². The molecule has 7 nitrogen and oxygen atoms in total. The number of nitrogens with zero attached hydrogens (tertiary/aromatic N) is 3. The largest absolute Gasteiger partial charge is 0.508 e. The fourth-order valence-corrected chi connectivity index (χ4v) is 1.29. The molecule has 96 valence electrons. The van der Waals surface area contributed by atoms with Gasteiger partial charge in [-0.05, 0) is 35.9 Å². The van der Waals surface area contributed by atoms with Gasteiger partial charge in [-0.25, -0.2) is 4.98 Å². The molecule has 0 saturated heterocycles. The monoisotopic (exact) mass is 258 g/mol. The van der Waals surface area contributed by atoms with Crippen LogP contribution in [0.3, 0.4) is 0 Å². The highest BCUT2D eigenvalue weighted by Crippen LogP contribution is 2.12. The van der Waals surface area contributed by atoms with E-state index in [1.165, 1.54) is 12.1 Å². The molecule has 0 bridgehead atoms. The molecule has 1 aromatic heterocycles. The summed E-state index contributed by atoms with van der Waals surface area (Å²) in [4.78, 5) is 13.8. The maximum Gasteiger partial charge on any atom is 0.287 e. The van der Waals surface area contributed by atoms with Gasteiger partial charge in [0.15, 0.2) is 0 Å². The van der Waals surface area contributed by atoms with Crippen LogP contribution in [-0.4, -0.2) is 21.2 Å². The van der Waals surface area contributed by atoms with E-state index in [0.717, 1.165) is 11.8 Å². The van der Waals surface area contributed by atoms with Crippen LogP contribution >= 0.6 is 0 Å². The molecular weight excluding hydrogens is 248 g/mol. The van der Waals surface area contributed by atoms with Crippen molar-refractivity contribution in [2.45, 2.75) is 0 Å². The average molecular weight is 258 g/mol. The van der Waals surface area contributed by atoms with Gasteiger partial charge in [0, 0.05) is 6.07 Å². The molecule has 0 unspecified atom stereocenters. The Hall–Kier alpha value is -2.96. The van der Waals surface area contributed by atoms with Gasteiger partial charge in [-0.15, -0.1) is 0 Å². The summed E-state index contributed by atoms with van der Waals surface area (Å²) in [6, 6.07) is 9.29. The van der Waals surface area contributed by atoms with Crippen molar-refractivity contribution in [3.05, 3.63) is 58.3 Å². The lowest BCUT2D eigenvalue weighted by Gasteiger charge is -1.98. The number of aromatic nitrogens is 1. The number of hydrazone groups is 1. The first kappa shape index (κ1) is 12.5. The third-order valence-corrected chi connectivity index (χ3v) is 2.24. The van der Waals surface area contributed by atoms with Gasteiger partial charge in [0.2, 0.25) is 0 Å². The van der Waals surface area contributed by atoms with Crippen molar-refractivity contribution < 1.29 is 10.0 Å². The normalized spacial score (nSPS) is 10.5. The van der Waals surface area contributed by atoms with E-state index in [9.17, 15) is 10.1 Å². The lowest BCUT2D eigenvalue weighted by atomic mass is 10.2. The van der Waals surface area contributed by atoms with Crippen LogP contribution in [0.5, 0.6) is 5.75 Å². The molecule has 2 N–H and O–H groups in total. The van der Waals surface area contributed by atoms with Crippen molar-refractivity contribution in [1.82, 2.24) is 4.98 Å². The molecule has 0 spiro atoms. The van der Waals surface area contributed by atoms with Gasteiger partial charge in [-0.3, -0.25) is 15.5 Å². The smallest absolute Gasteiger partial charge is 0.287 e. The first-order valence-corrected chi connectivity index (χ1v) is 5.34. The maximum atomic E-state index is 10.4. The second-order valence-electron chi connectivity index (χ2n) is 3.62. The van der Waals surface area contributed by atoms with Crippen molar-refractivity contribution in [2.75, 3.05) is 5.43 Å². The third kappa shape index (κ3) is 3.50. The van der Waals surface area contributed by atoms with Gasteiger partial charge in [-0.2, -0.15) is 5.10 Å². The Morgan fingerprint density at radius 2 is 2.00 bits per heavy atom. The van der Waals surface area contributed by atoms with Crippen LogP contribution in [0.2, 0.25) is 0 Å². The summed E-state index contributed by atoms with van der Waals surface area (Å²) >= 11 is 0. The van der Waals surface area contributed by atoms with Crippen molar-refractivity contribution in [1.29, 1.82) is 0 Å². The molecular formula is C12H10N4O3. The zero-order valence-corrected chi connectivity index (χ0v) is 9.72. The molecule has 2 rings (SSSR count). The SMILES string of the molecule is O=[N+]([O-])c1ccc(N/N=C/c2ccc(O)cc2)nc1. The van der Waals surface area contributed by atoms with E-state index in [-0.39, 0.29) is 11.4 Å². The van der Waals surface area contributed by atoms with Crippen LogP contribution in [0.1, 0.15) is 5.56 Å². The molecule has 0 saturated carbocycles. The van der Waals surface area contributed by atoms with Gasteiger partial charge in [0.1, 0.15) is 17.8 Å². The highest BCUT2D eigenvalue weighted by atomic mass is 16.6. The predicted octanol–water partition coefficient (Wildman–Crippen LogP) is 2.14. The number of aromatic hydroxyl groups is 1. The van der Waals surface area contributed by atoms with Crippen LogP contribution in [0.4, 0.5) is 11.5 Å². The predicted molar refractivity (Wildman–Crippen MR) is 70.2 cm³/mol. The molecule has 1 aromatic carbocycles. The number of hydrogen-bond acceptors (Lipinski definition) is 6. The van der Waals surface area contributed by atoms with Gasteiger partial charge in [0.25, 0.3) is 5.69 Å². The Kier molecular flexibility index (Phi) is 3.67. The molecule has 0 atom stereocenters. The Morgan fingerprint density at radius 1 is 1.26 bits per heavy atom. The molecule has 7 heteroatoms. The number of nitrogens with one attached hydrogen (secondary N) is 1. The van der Waals surface area contributed by atoms with E-state index < -0.39 is 4.92 Å². The molecule has 0 aliphatic carbocycles. The minimum Gasteiger partial charge on any atom is -0.508 e. The Morgan fingerprint density at radius 3 is 2.58 bits per heavy atom. The van der Waals surface area contributed by atoms with E-state index in [1.54, 1.807) is 30.5 Å². The number of rotatable bonds is 4. The second kappa shape index (κ2) is 5.58. The Balaban J connectivity index is 1.98. The number of nitro groups is 1.